The Hall–Kier alpha value is -6.96. The number of anilines is 3. The molecule has 0 aromatic heterocycles. The number of hydrogen-bond acceptors (Lipinski definition) is 1. The molecule has 10 rings (SSSR count). The van der Waals surface area contributed by atoms with Crippen LogP contribution >= 0.6 is 0 Å². The average Bonchev–Trinajstić information content (AvgIpc) is 3.24. The highest BCUT2D eigenvalue weighted by Gasteiger charge is 2.16. The minimum Gasteiger partial charge on any atom is -0.310 e. The van der Waals surface area contributed by atoms with Gasteiger partial charge in [-0.3, -0.25) is 0 Å². The molecule has 10 aromatic rings. The highest BCUT2D eigenvalue weighted by Crippen LogP contribution is 2.41. The van der Waals surface area contributed by atoms with E-state index in [0.717, 1.165) is 17.1 Å². The van der Waals surface area contributed by atoms with Gasteiger partial charge in [0.05, 0.1) is 0 Å². The van der Waals surface area contributed by atoms with E-state index in [-0.39, 0.29) is 0 Å². The molecular formula is C52H35N. The molecular weight excluding hydrogens is 639 g/mol. The first kappa shape index (κ1) is 30.8. The predicted molar refractivity (Wildman–Crippen MR) is 227 cm³/mol. The molecule has 0 fully saturated rings. The lowest BCUT2D eigenvalue weighted by atomic mass is 9.92. The van der Waals surface area contributed by atoms with Gasteiger partial charge in [-0.15, -0.1) is 0 Å². The quantitative estimate of drug-likeness (QED) is 0.159. The van der Waals surface area contributed by atoms with Crippen molar-refractivity contribution in [1.82, 2.24) is 0 Å². The largest absolute Gasteiger partial charge is 0.310 e. The number of rotatable bonds is 6. The van der Waals surface area contributed by atoms with Crippen molar-refractivity contribution in [2.45, 2.75) is 0 Å². The van der Waals surface area contributed by atoms with Crippen molar-refractivity contribution in [3.63, 3.8) is 0 Å². The van der Waals surface area contributed by atoms with Gasteiger partial charge in [0.2, 0.25) is 0 Å². The van der Waals surface area contributed by atoms with Crippen LogP contribution < -0.4 is 4.90 Å². The Kier molecular flexibility index (Phi) is 7.55. The molecule has 0 heterocycles. The normalized spacial score (nSPS) is 11.4. The third-order valence-electron chi connectivity index (χ3n) is 10.7. The zero-order chi connectivity index (χ0) is 35.1. The molecule has 0 saturated carbocycles. The second-order valence-corrected chi connectivity index (χ2v) is 13.7. The van der Waals surface area contributed by atoms with Gasteiger partial charge in [0.1, 0.15) is 0 Å². The van der Waals surface area contributed by atoms with E-state index in [4.69, 9.17) is 0 Å². The van der Waals surface area contributed by atoms with E-state index < -0.39 is 0 Å². The first-order chi connectivity index (χ1) is 26.3. The van der Waals surface area contributed by atoms with Crippen LogP contribution in [-0.2, 0) is 0 Å². The molecule has 1 nitrogen and oxygen atoms in total. The SMILES string of the molecule is c1ccc(-c2ccc(N(c3ccc(-c4cccc5ccccc45)cc3)c3cccc(-c4cccc5c4ccc4c6ccccc6ccc54)c3)cc2)cc1. The van der Waals surface area contributed by atoms with Gasteiger partial charge < -0.3 is 4.90 Å². The van der Waals surface area contributed by atoms with Crippen LogP contribution in [0.15, 0.2) is 212 Å². The first-order valence-corrected chi connectivity index (χ1v) is 18.3. The lowest BCUT2D eigenvalue weighted by Gasteiger charge is -2.26. The van der Waals surface area contributed by atoms with Gasteiger partial charge in [-0.05, 0) is 113 Å². The molecule has 53 heavy (non-hydrogen) atoms. The second kappa shape index (κ2) is 13.0. The van der Waals surface area contributed by atoms with Crippen molar-refractivity contribution in [2.75, 3.05) is 4.90 Å². The van der Waals surface area contributed by atoms with Crippen LogP contribution in [0.1, 0.15) is 0 Å². The van der Waals surface area contributed by atoms with E-state index in [2.05, 4.69) is 217 Å². The summed E-state index contributed by atoms with van der Waals surface area (Å²) in [5.74, 6) is 0. The number of nitrogens with zero attached hydrogens (tertiary/aromatic N) is 1. The summed E-state index contributed by atoms with van der Waals surface area (Å²) in [5.41, 5.74) is 10.6. The molecule has 1 heteroatoms. The molecule has 0 saturated heterocycles. The van der Waals surface area contributed by atoms with Crippen LogP contribution in [0.25, 0.3) is 76.5 Å². The van der Waals surface area contributed by atoms with E-state index in [1.165, 1.54) is 76.5 Å². The first-order valence-electron chi connectivity index (χ1n) is 18.3. The zero-order valence-corrected chi connectivity index (χ0v) is 29.2. The van der Waals surface area contributed by atoms with E-state index in [0.29, 0.717) is 0 Å². The Labute approximate surface area is 309 Å². The Morgan fingerprint density at radius 1 is 0.226 bits per heavy atom. The number of fused-ring (bicyclic) bond motifs is 6. The summed E-state index contributed by atoms with van der Waals surface area (Å²) in [6.45, 7) is 0. The monoisotopic (exact) mass is 673 g/mol. The Balaban J connectivity index is 1.10. The van der Waals surface area contributed by atoms with Gasteiger partial charge in [0.25, 0.3) is 0 Å². The average molecular weight is 674 g/mol. The fraction of sp³-hybridized carbons (Fsp3) is 0. The molecule has 0 unspecified atom stereocenters. The van der Waals surface area contributed by atoms with Crippen LogP contribution in [0.4, 0.5) is 17.1 Å². The van der Waals surface area contributed by atoms with Gasteiger partial charge in [0.15, 0.2) is 0 Å². The van der Waals surface area contributed by atoms with Crippen LogP contribution in [0.2, 0.25) is 0 Å². The van der Waals surface area contributed by atoms with Crippen molar-refractivity contribution in [3.8, 4) is 33.4 Å². The molecule has 0 aliphatic carbocycles. The number of hydrogen-bond donors (Lipinski definition) is 0. The van der Waals surface area contributed by atoms with Gasteiger partial charge in [-0.1, -0.05) is 176 Å². The summed E-state index contributed by atoms with van der Waals surface area (Å²) in [6, 6.07) is 77.2. The Morgan fingerprint density at radius 3 is 1.47 bits per heavy atom. The molecule has 0 radical (unpaired) electrons. The summed E-state index contributed by atoms with van der Waals surface area (Å²) in [4.78, 5) is 2.37. The van der Waals surface area contributed by atoms with Crippen molar-refractivity contribution in [1.29, 1.82) is 0 Å². The number of benzene rings is 10. The lowest BCUT2D eigenvalue weighted by Crippen LogP contribution is -2.10. The summed E-state index contributed by atoms with van der Waals surface area (Å²) < 4.78 is 0. The predicted octanol–water partition coefficient (Wildman–Crippen LogP) is 14.8. The fourth-order valence-electron chi connectivity index (χ4n) is 8.07. The maximum atomic E-state index is 2.37. The summed E-state index contributed by atoms with van der Waals surface area (Å²) >= 11 is 0. The summed E-state index contributed by atoms with van der Waals surface area (Å²) in [7, 11) is 0. The third kappa shape index (κ3) is 5.51. The highest BCUT2D eigenvalue weighted by atomic mass is 15.1. The zero-order valence-electron chi connectivity index (χ0n) is 29.2. The molecule has 0 bridgehead atoms. The summed E-state index contributed by atoms with van der Waals surface area (Å²) in [6.07, 6.45) is 0. The molecule has 0 N–H and O–H groups in total. The van der Waals surface area contributed by atoms with Gasteiger partial charge in [-0.2, -0.15) is 0 Å². The van der Waals surface area contributed by atoms with Crippen LogP contribution in [-0.4, -0.2) is 0 Å². The second-order valence-electron chi connectivity index (χ2n) is 13.7. The maximum absolute atomic E-state index is 2.37. The van der Waals surface area contributed by atoms with Crippen LogP contribution in [0, 0.1) is 0 Å². The molecule has 0 aliphatic heterocycles. The summed E-state index contributed by atoms with van der Waals surface area (Å²) in [5, 5.41) is 10.2. The molecule has 0 aliphatic rings. The van der Waals surface area contributed by atoms with E-state index in [9.17, 15) is 0 Å². The van der Waals surface area contributed by atoms with Gasteiger partial charge in [0, 0.05) is 17.1 Å². The molecule has 0 spiro atoms. The van der Waals surface area contributed by atoms with Crippen molar-refractivity contribution >= 4 is 60.2 Å². The van der Waals surface area contributed by atoms with Crippen LogP contribution in [0.5, 0.6) is 0 Å². The van der Waals surface area contributed by atoms with E-state index in [1.807, 2.05) is 0 Å². The maximum Gasteiger partial charge on any atom is 0.0467 e. The Bertz CT molecular complexity index is 2920. The minimum atomic E-state index is 1.11. The molecule has 248 valence electrons. The van der Waals surface area contributed by atoms with Crippen molar-refractivity contribution in [3.05, 3.63) is 212 Å². The van der Waals surface area contributed by atoms with Crippen LogP contribution in [0.3, 0.4) is 0 Å². The molecule has 0 amide bonds. The van der Waals surface area contributed by atoms with Gasteiger partial charge >= 0.3 is 0 Å². The molecule has 0 atom stereocenters. The van der Waals surface area contributed by atoms with E-state index >= 15 is 0 Å². The van der Waals surface area contributed by atoms with Gasteiger partial charge in [-0.25, -0.2) is 0 Å². The topological polar surface area (TPSA) is 3.24 Å². The fourth-order valence-corrected chi connectivity index (χ4v) is 8.07. The molecule has 10 aromatic carbocycles. The smallest absolute Gasteiger partial charge is 0.0467 e. The third-order valence-corrected chi connectivity index (χ3v) is 10.7. The minimum absolute atomic E-state index is 1.11. The Morgan fingerprint density at radius 2 is 0.698 bits per heavy atom. The van der Waals surface area contributed by atoms with Crippen molar-refractivity contribution in [2.24, 2.45) is 0 Å². The lowest BCUT2D eigenvalue weighted by molar-refractivity contribution is 1.28. The van der Waals surface area contributed by atoms with Crippen molar-refractivity contribution < 1.29 is 0 Å². The standard InChI is InChI=1S/C52H35N/c1-2-11-36(12-3-1)37-23-28-42(29-24-37)53(43-30-25-40(26-31-43)46-20-9-15-38-13-4-6-18-45(38)46)44-17-8-16-41(35-44)48-21-10-22-49-51(48)34-33-50-47-19-7-5-14-39(47)27-32-52(49)50/h1-35H. The highest BCUT2D eigenvalue weighted by molar-refractivity contribution is 6.19. The van der Waals surface area contributed by atoms with E-state index in [1.54, 1.807) is 0 Å².